The Morgan fingerprint density at radius 1 is 1.29 bits per heavy atom. The van der Waals surface area contributed by atoms with Gasteiger partial charge in [-0.1, -0.05) is 13.0 Å². The molecular formula is C22H27N3O2S. The van der Waals surface area contributed by atoms with Crippen LogP contribution in [0.25, 0.3) is 0 Å². The fourth-order valence-electron chi connectivity index (χ4n) is 4.06. The number of aromatic nitrogens is 1. The third kappa shape index (κ3) is 4.27. The van der Waals surface area contributed by atoms with Crippen LogP contribution in [0.4, 0.5) is 0 Å². The van der Waals surface area contributed by atoms with Crippen molar-refractivity contribution >= 4 is 23.2 Å². The molecule has 2 aromatic heterocycles. The number of hydrogen-bond donors (Lipinski definition) is 1. The first-order valence-corrected chi connectivity index (χ1v) is 11.0. The number of fused-ring (bicyclic) bond motifs is 1. The highest BCUT2D eigenvalue weighted by Crippen LogP contribution is 2.33. The van der Waals surface area contributed by atoms with E-state index in [0.29, 0.717) is 12.5 Å². The van der Waals surface area contributed by atoms with Crippen LogP contribution in [-0.2, 0) is 24.2 Å². The maximum Gasteiger partial charge on any atom is 0.263 e. The summed E-state index contributed by atoms with van der Waals surface area (Å²) in [5, 5.41) is 3.03. The molecule has 5 nitrogen and oxygen atoms in total. The van der Waals surface area contributed by atoms with Gasteiger partial charge in [-0.2, -0.15) is 0 Å². The summed E-state index contributed by atoms with van der Waals surface area (Å²) in [5.41, 5.74) is 2.19. The minimum Gasteiger partial charge on any atom is -0.352 e. The molecule has 1 aliphatic heterocycles. The Kier molecular flexibility index (Phi) is 5.76. The predicted molar refractivity (Wildman–Crippen MR) is 110 cm³/mol. The van der Waals surface area contributed by atoms with E-state index in [2.05, 4.69) is 17.2 Å². The summed E-state index contributed by atoms with van der Waals surface area (Å²) in [4.78, 5) is 33.6. The largest absolute Gasteiger partial charge is 0.352 e. The lowest BCUT2D eigenvalue weighted by molar-refractivity contribution is -0.125. The van der Waals surface area contributed by atoms with Crippen LogP contribution in [0.5, 0.6) is 0 Å². The number of aryl methyl sites for hydroxylation is 1. The smallest absolute Gasteiger partial charge is 0.263 e. The minimum atomic E-state index is -0.0161. The van der Waals surface area contributed by atoms with Crippen molar-refractivity contribution in [3.8, 4) is 0 Å². The molecule has 0 bridgehead atoms. The first-order valence-electron chi connectivity index (χ1n) is 10.2. The van der Waals surface area contributed by atoms with E-state index in [-0.39, 0.29) is 17.7 Å². The lowest BCUT2D eigenvalue weighted by Gasteiger charge is -2.29. The van der Waals surface area contributed by atoms with Crippen LogP contribution in [0.3, 0.4) is 0 Å². The van der Waals surface area contributed by atoms with Crippen molar-refractivity contribution in [2.45, 2.75) is 45.6 Å². The maximum absolute atomic E-state index is 12.9. The normalized spacial score (nSPS) is 19.9. The summed E-state index contributed by atoms with van der Waals surface area (Å²) in [5.74, 6) is 0.964. The fraction of sp³-hybridized carbons (Fsp3) is 0.500. The van der Waals surface area contributed by atoms with Crippen LogP contribution in [0.2, 0.25) is 0 Å². The quantitative estimate of drug-likeness (QED) is 0.860. The van der Waals surface area contributed by atoms with E-state index in [9.17, 15) is 9.59 Å². The molecule has 3 heterocycles. The minimum absolute atomic E-state index is 0.0161. The molecule has 1 atom stereocenters. The molecule has 4 rings (SSSR count). The van der Waals surface area contributed by atoms with Gasteiger partial charge in [-0.05, 0) is 61.3 Å². The number of hydrogen-bond acceptors (Lipinski definition) is 4. The molecule has 1 saturated heterocycles. The number of pyridine rings is 1. The van der Waals surface area contributed by atoms with Crippen molar-refractivity contribution in [2.75, 3.05) is 13.1 Å². The van der Waals surface area contributed by atoms with E-state index < -0.39 is 0 Å². The number of piperidine rings is 1. The second-order valence-electron chi connectivity index (χ2n) is 8.05. The second kappa shape index (κ2) is 8.43. The Labute approximate surface area is 170 Å². The molecule has 0 spiro atoms. The van der Waals surface area contributed by atoms with E-state index >= 15 is 0 Å². The van der Waals surface area contributed by atoms with Crippen LogP contribution in [0.1, 0.15) is 51.9 Å². The number of thiophene rings is 1. The molecule has 2 amide bonds. The Bertz CT molecular complexity index is 841. The highest BCUT2D eigenvalue weighted by atomic mass is 32.1. The molecule has 0 saturated carbocycles. The molecule has 1 fully saturated rings. The van der Waals surface area contributed by atoms with E-state index in [1.54, 1.807) is 23.7 Å². The maximum atomic E-state index is 12.9. The Morgan fingerprint density at radius 2 is 2.11 bits per heavy atom. The topological polar surface area (TPSA) is 62.3 Å². The summed E-state index contributed by atoms with van der Waals surface area (Å²) < 4.78 is 0. The van der Waals surface area contributed by atoms with Crippen molar-refractivity contribution in [1.82, 2.24) is 15.2 Å². The van der Waals surface area contributed by atoms with E-state index in [1.165, 1.54) is 10.4 Å². The first kappa shape index (κ1) is 19.1. The molecule has 148 valence electrons. The van der Waals surface area contributed by atoms with Gasteiger partial charge < -0.3 is 10.2 Å². The molecule has 1 aliphatic carbocycles. The van der Waals surface area contributed by atoms with Gasteiger partial charge in [-0.3, -0.25) is 14.6 Å². The van der Waals surface area contributed by atoms with Crippen molar-refractivity contribution in [1.29, 1.82) is 0 Å². The average Bonchev–Trinajstić information content (AvgIpc) is 3.16. The number of nitrogens with zero attached hydrogens (tertiary/aromatic N) is 2. The van der Waals surface area contributed by atoms with Gasteiger partial charge >= 0.3 is 0 Å². The SMILES string of the molecule is CC1CCN(C(=O)c2cc3c(s2)CCC(C(=O)NCc2cccnc2)C3)CC1. The van der Waals surface area contributed by atoms with Gasteiger partial charge in [0, 0.05) is 42.8 Å². The number of carbonyl (C=O) groups is 2. The van der Waals surface area contributed by atoms with Gasteiger partial charge in [-0.15, -0.1) is 11.3 Å². The number of carbonyl (C=O) groups excluding carboxylic acids is 2. The number of nitrogens with one attached hydrogen (secondary N) is 1. The lowest BCUT2D eigenvalue weighted by Crippen LogP contribution is -2.37. The lowest BCUT2D eigenvalue weighted by atomic mass is 9.87. The monoisotopic (exact) mass is 397 g/mol. The molecule has 2 aliphatic rings. The molecular weight excluding hydrogens is 370 g/mol. The average molecular weight is 398 g/mol. The van der Waals surface area contributed by atoms with Gasteiger partial charge in [0.05, 0.1) is 4.88 Å². The Balaban J connectivity index is 1.36. The summed E-state index contributed by atoms with van der Waals surface area (Å²) in [6.45, 7) is 4.49. The zero-order chi connectivity index (χ0) is 19.5. The summed E-state index contributed by atoms with van der Waals surface area (Å²) >= 11 is 1.63. The standard InChI is InChI=1S/C22H27N3O2S/c1-15-6-9-25(10-7-15)22(27)20-12-18-11-17(4-5-19(18)28-20)21(26)24-14-16-3-2-8-23-13-16/h2-3,8,12-13,15,17H,4-7,9-11,14H2,1H3,(H,24,26). The molecule has 6 heteroatoms. The van der Waals surface area contributed by atoms with Gasteiger partial charge in [0.25, 0.3) is 5.91 Å². The van der Waals surface area contributed by atoms with Crippen LogP contribution < -0.4 is 5.32 Å². The third-order valence-electron chi connectivity index (χ3n) is 5.92. The van der Waals surface area contributed by atoms with Gasteiger partial charge in [0.2, 0.25) is 5.91 Å². The van der Waals surface area contributed by atoms with Crippen molar-refractivity contribution in [3.63, 3.8) is 0 Å². The first-order chi connectivity index (χ1) is 13.6. The van der Waals surface area contributed by atoms with Crippen molar-refractivity contribution in [2.24, 2.45) is 11.8 Å². The number of rotatable bonds is 4. The summed E-state index contributed by atoms with van der Waals surface area (Å²) in [7, 11) is 0. The van der Waals surface area contributed by atoms with Crippen molar-refractivity contribution < 1.29 is 9.59 Å². The third-order valence-corrected chi connectivity index (χ3v) is 7.15. The van der Waals surface area contributed by atoms with Gasteiger partial charge in [0.1, 0.15) is 0 Å². The van der Waals surface area contributed by atoms with Crippen LogP contribution in [0, 0.1) is 11.8 Å². The fourth-order valence-corrected chi connectivity index (χ4v) is 5.23. The highest BCUT2D eigenvalue weighted by molar-refractivity contribution is 7.14. The molecule has 2 aromatic rings. The molecule has 1 unspecified atom stereocenters. The van der Waals surface area contributed by atoms with E-state index in [0.717, 1.165) is 55.6 Å². The Morgan fingerprint density at radius 3 is 2.86 bits per heavy atom. The van der Waals surface area contributed by atoms with Gasteiger partial charge in [0.15, 0.2) is 0 Å². The summed E-state index contributed by atoms with van der Waals surface area (Å²) in [6, 6.07) is 5.88. The summed E-state index contributed by atoms with van der Waals surface area (Å²) in [6.07, 6.45) is 8.16. The van der Waals surface area contributed by atoms with Crippen LogP contribution in [0.15, 0.2) is 30.6 Å². The second-order valence-corrected chi connectivity index (χ2v) is 9.19. The van der Waals surface area contributed by atoms with E-state index in [4.69, 9.17) is 0 Å². The van der Waals surface area contributed by atoms with Gasteiger partial charge in [-0.25, -0.2) is 0 Å². The van der Waals surface area contributed by atoms with Crippen LogP contribution in [-0.4, -0.2) is 34.8 Å². The Hall–Kier alpha value is -2.21. The van der Waals surface area contributed by atoms with Crippen molar-refractivity contribution in [3.05, 3.63) is 51.5 Å². The zero-order valence-electron chi connectivity index (χ0n) is 16.3. The predicted octanol–water partition coefficient (Wildman–Crippen LogP) is 3.44. The number of amides is 2. The van der Waals surface area contributed by atoms with Crippen LogP contribution >= 0.6 is 11.3 Å². The molecule has 1 N–H and O–H groups in total. The molecule has 28 heavy (non-hydrogen) atoms. The zero-order valence-corrected chi connectivity index (χ0v) is 17.1. The molecule has 0 radical (unpaired) electrons. The van der Waals surface area contributed by atoms with E-state index in [1.807, 2.05) is 23.1 Å². The highest BCUT2D eigenvalue weighted by Gasteiger charge is 2.29. The number of likely N-dealkylation sites (tertiary alicyclic amines) is 1. The molecule has 0 aromatic carbocycles.